The van der Waals surface area contributed by atoms with Crippen molar-refractivity contribution in [2.75, 3.05) is 15.6 Å². The molecule has 0 aliphatic carbocycles. The summed E-state index contributed by atoms with van der Waals surface area (Å²) < 4.78 is 0. The molecule has 0 bridgehead atoms. The molecule has 29 heavy (non-hydrogen) atoms. The van der Waals surface area contributed by atoms with Crippen molar-refractivity contribution in [2.45, 2.75) is 45.0 Å². The maximum Gasteiger partial charge on any atom is 0.269 e. The fourth-order valence-corrected chi connectivity index (χ4v) is 6.32. The van der Waals surface area contributed by atoms with Gasteiger partial charge in [0.15, 0.2) is 0 Å². The van der Waals surface area contributed by atoms with Crippen molar-refractivity contribution in [3.05, 3.63) is 64.7 Å². The van der Waals surface area contributed by atoms with E-state index >= 15 is 0 Å². The Morgan fingerprint density at radius 2 is 1.72 bits per heavy atom. The van der Waals surface area contributed by atoms with Crippen LogP contribution in [0.15, 0.2) is 42.5 Å². The highest BCUT2D eigenvalue weighted by Gasteiger charge is 2.63. The zero-order valence-electron chi connectivity index (χ0n) is 17.4. The Balaban J connectivity index is 1.80. The summed E-state index contributed by atoms with van der Waals surface area (Å²) in [4.78, 5) is 29.8. The Labute approximate surface area is 175 Å². The second-order valence-electron chi connectivity index (χ2n) is 8.75. The van der Waals surface area contributed by atoms with Gasteiger partial charge in [-0.1, -0.05) is 30.3 Å². The lowest BCUT2D eigenvalue weighted by molar-refractivity contribution is -0.124. The Bertz CT molecular complexity index is 1130. The van der Waals surface area contributed by atoms with Gasteiger partial charge in [-0.2, -0.15) is 0 Å². The van der Waals surface area contributed by atoms with Gasteiger partial charge in [0, 0.05) is 16.8 Å². The van der Waals surface area contributed by atoms with E-state index < -0.39 is 10.4 Å². The number of rotatable bonds is 1. The molecule has 3 heterocycles. The molecule has 1 fully saturated rings. The van der Waals surface area contributed by atoms with E-state index in [1.807, 2.05) is 42.2 Å². The summed E-state index contributed by atoms with van der Waals surface area (Å²) in [5.74, 6) is 0.248. The number of nitrogens with zero attached hydrogens (tertiary/aromatic N) is 2. The molecule has 1 saturated heterocycles. The Morgan fingerprint density at radius 1 is 0.966 bits per heavy atom. The van der Waals surface area contributed by atoms with E-state index in [9.17, 15) is 9.59 Å². The smallest absolute Gasteiger partial charge is 0.269 e. The molecule has 5 rings (SSSR count). The van der Waals surface area contributed by atoms with Gasteiger partial charge in [-0.05, 0) is 63.5 Å². The Morgan fingerprint density at radius 3 is 2.45 bits per heavy atom. The number of amides is 2. The molecule has 3 aliphatic rings. The molecule has 0 N–H and O–H groups in total. The van der Waals surface area contributed by atoms with E-state index in [0.29, 0.717) is 5.75 Å². The number of para-hydroxylation sites is 1. The van der Waals surface area contributed by atoms with Crippen LogP contribution in [0.5, 0.6) is 0 Å². The first-order valence-electron chi connectivity index (χ1n) is 9.91. The molecule has 2 aromatic carbocycles. The summed E-state index contributed by atoms with van der Waals surface area (Å²) in [6.07, 6.45) is 2.15. The monoisotopic (exact) mass is 404 g/mol. The molecule has 1 atom stereocenters. The van der Waals surface area contributed by atoms with E-state index in [1.54, 1.807) is 4.90 Å². The van der Waals surface area contributed by atoms with Gasteiger partial charge in [0.05, 0.1) is 17.0 Å². The first-order chi connectivity index (χ1) is 13.7. The molecule has 0 aromatic heterocycles. The topological polar surface area (TPSA) is 40.6 Å². The van der Waals surface area contributed by atoms with Crippen LogP contribution in [0.2, 0.25) is 0 Å². The fourth-order valence-electron chi connectivity index (χ4n) is 4.98. The van der Waals surface area contributed by atoms with Crippen LogP contribution in [0, 0.1) is 13.8 Å². The summed E-state index contributed by atoms with van der Waals surface area (Å²) >= 11 is 1.44. The molecule has 3 aliphatic heterocycles. The molecule has 0 unspecified atom stereocenters. The third kappa shape index (κ3) is 2.22. The predicted octanol–water partition coefficient (Wildman–Crippen LogP) is 4.78. The van der Waals surface area contributed by atoms with Crippen molar-refractivity contribution in [1.29, 1.82) is 0 Å². The molecule has 148 valence electrons. The highest BCUT2D eigenvalue weighted by molar-refractivity contribution is 8.02. The molecular weight excluding hydrogens is 380 g/mol. The van der Waals surface area contributed by atoms with Gasteiger partial charge in [-0.3, -0.25) is 19.4 Å². The van der Waals surface area contributed by atoms with Gasteiger partial charge in [0.2, 0.25) is 10.8 Å². The van der Waals surface area contributed by atoms with Crippen LogP contribution in [0.25, 0.3) is 5.57 Å². The average molecular weight is 405 g/mol. The normalized spacial score (nSPS) is 24.4. The molecular formula is C24H24N2O2S. The third-order valence-corrected chi connectivity index (χ3v) is 7.79. The molecule has 1 spiro atoms. The molecule has 2 amide bonds. The summed E-state index contributed by atoms with van der Waals surface area (Å²) in [7, 11) is 0. The van der Waals surface area contributed by atoms with Gasteiger partial charge in [-0.15, -0.1) is 11.8 Å². The van der Waals surface area contributed by atoms with E-state index in [4.69, 9.17) is 0 Å². The van der Waals surface area contributed by atoms with E-state index in [-0.39, 0.29) is 11.8 Å². The van der Waals surface area contributed by atoms with Gasteiger partial charge < -0.3 is 0 Å². The van der Waals surface area contributed by atoms with Crippen molar-refractivity contribution in [1.82, 2.24) is 0 Å². The minimum Gasteiger partial charge on any atom is -0.299 e. The quantitative estimate of drug-likeness (QED) is 0.687. The average Bonchev–Trinajstić information content (AvgIpc) is 3.13. The van der Waals surface area contributed by atoms with Gasteiger partial charge in [0.25, 0.3) is 5.91 Å². The standard InChI is InChI=1S/C24H24N2O2S/c1-14-9-10-17(11-15(14)2)25-20(27)13-29-24(25)19-8-6-7-18-16(3)12-23(4,5)26(21(18)19)22(24)28/h6-12H,13H2,1-5H3/t24-/m0/s1. The largest absolute Gasteiger partial charge is 0.299 e. The lowest BCUT2D eigenvalue weighted by Crippen LogP contribution is -2.54. The zero-order valence-corrected chi connectivity index (χ0v) is 18.2. The second kappa shape index (κ2) is 5.76. The minimum absolute atomic E-state index is 0.0217. The summed E-state index contributed by atoms with van der Waals surface area (Å²) in [5, 5.41) is 0. The Kier molecular flexibility index (Phi) is 3.67. The minimum atomic E-state index is -1.04. The van der Waals surface area contributed by atoms with Crippen molar-refractivity contribution in [3.63, 3.8) is 0 Å². The lowest BCUT2D eigenvalue weighted by atomic mass is 9.89. The van der Waals surface area contributed by atoms with Crippen molar-refractivity contribution < 1.29 is 9.59 Å². The van der Waals surface area contributed by atoms with Crippen LogP contribution >= 0.6 is 11.8 Å². The van der Waals surface area contributed by atoms with Crippen LogP contribution in [0.1, 0.15) is 43.0 Å². The fraction of sp³-hybridized carbons (Fsp3) is 0.333. The molecule has 0 radical (unpaired) electrons. The number of aryl methyl sites for hydroxylation is 2. The first kappa shape index (κ1) is 18.5. The number of thioether (sulfide) groups is 1. The van der Waals surface area contributed by atoms with Crippen molar-refractivity contribution >= 4 is 40.5 Å². The second-order valence-corrected chi connectivity index (χ2v) is 9.92. The number of carbonyl (C=O) groups excluding carboxylic acids is 2. The number of fused-ring (bicyclic) bond motifs is 1. The van der Waals surface area contributed by atoms with Crippen molar-refractivity contribution in [2.24, 2.45) is 0 Å². The molecule has 0 saturated carbocycles. The summed E-state index contributed by atoms with van der Waals surface area (Å²) in [6.45, 7) is 10.3. The maximum atomic E-state index is 14.1. The van der Waals surface area contributed by atoms with Gasteiger partial charge in [0.1, 0.15) is 0 Å². The molecule has 5 heteroatoms. The number of anilines is 2. The highest BCUT2D eigenvalue weighted by Crippen LogP contribution is 2.59. The number of hydrogen-bond acceptors (Lipinski definition) is 3. The molecule has 2 aromatic rings. The Hall–Kier alpha value is -2.53. The third-order valence-electron chi connectivity index (χ3n) is 6.41. The summed E-state index contributed by atoms with van der Waals surface area (Å²) in [6, 6.07) is 12.1. The number of benzene rings is 2. The SMILES string of the molecule is CC1=CC(C)(C)N2C(=O)[C@@]3(SCC(=O)N3c3ccc(C)c(C)c3)c3cccc1c32. The van der Waals surface area contributed by atoms with Crippen molar-refractivity contribution in [3.8, 4) is 0 Å². The first-order valence-corrected chi connectivity index (χ1v) is 10.9. The van der Waals surface area contributed by atoms with Crippen LogP contribution in [0.4, 0.5) is 11.4 Å². The van der Waals surface area contributed by atoms with E-state index in [0.717, 1.165) is 28.1 Å². The highest BCUT2D eigenvalue weighted by atomic mass is 32.2. The molecule has 4 nitrogen and oxygen atoms in total. The summed E-state index contributed by atoms with van der Waals surface area (Å²) in [5.41, 5.74) is 6.75. The maximum absolute atomic E-state index is 14.1. The van der Waals surface area contributed by atoms with Crippen LogP contribution in [-0.4, -0.2) is 23.1 Å². The number of allylic oxidation sites excluding steroid dienone is 1. The number of hydrogen-bond donors (Lipinski definition) is 0. The number of carbonyl (C=O) groups is 2. The zero-order chi connectivity index (χ0) is 20.7. The van der Waals surface area contributed by atoms with Crippen LogP contribution in [0.3, 0.4) is 0 Å². The van der Waals surface area contributed by atoms with Gasteiger partial charge in [-0.25, -0.2) is 0 Å². The van der Waals surface area contributed by atoms with Gasteiger partial charge >= 0.3 is 0 Å². The lowest BCUT2D eigenvalue weighted by Gasteiger charge is -2.40. The van der Waals surface area contributed by atoms with Crippen LogP contribution < -0.4 is 9.80 Å². The predicted molar refractivity (Wildman–Crippen MR) is 119 cm³/mol. The van der Waals surface area contributed by atoms with E-state index in [1.165, 1.54) is 22.9 Å². The van der Waals surface area contributed by atoms with Crippen LogP contribution in [-0.2, 0) is 14.5 Å². The van der Waals surface area contributed by atoms with E-state index in [2.05, 4.69) is 39.8 Å².